The zero-order valence-corrected chi connectivity index (χ0v) is 18.3. The molecule has 0 saturated carbocycles. The number of benzene rings is 1. The molecule has 2 N–H and O–H groups in total. The summed E-state index contributed by atoms with van der Waals surface area (Å²) in [5.74, 6) is -2.43. The first kappa shape index (κ1) is 23.3. The molecule has 12 heteroatoms. The van der Waals surface area contributed by atoms with Gasteiger partial charge in [0.2, 0.25) is 0 Å². The summed E-state index contributed by atoms with van der Waals surface area (Å²) in [5.41, 5.74) is 2.35. The van der Waals surface area contributed by atoms with Gasteiger partial charge in [-0.2, -0.15) is 5.10 Å². The molecule has 0 saturated heterocycles. The summed E-state index contributed by atoms with van der Waals surface area (Å²) in [4.78, 5) is 0. The molecule has 0 heterocycles. The minimum absolute atomic E-state index is 0. The van der Waals surface area contributed by atoms with Gasteiger partial charge >= 0.3 is 51.4 Å². The van der Waals surface area contributed by atoms with Crippen molar-refractivity contribution in [2.45, 2.75) is 0 Å². The van der Waals surface area contributed by atoms with Gasteiger partial charge in [-0.1, -0.05) is 41.1 Å². The third kappa shape index (κ3) is 9.36. The first-order chi connectivity index (χ1) is 10.2. The van der Waals surface area contributed by atoms with E-state index in [1.807, 2.05) is 0 Å². The number of rotatable bonds is 6. The Kier molecular flexibility index (Phi) is 11.1. The molecule has 0 amide bonds. The standard InChI is InChI=1S/C11H12ClN3O4S3.K/c12-8-3-1-7(2-4-8)9(15-17)5-22(18,19)6-10(16)13-14-11(20)21;/h1-4,17H,5-6H2,(H,13,16)(H2,14,20,21);/q;+1/p-1/b15-9-;. The first-order valence-corrected chi connectivity index (χ1v) is 8.69. The Morgan fingerprint density at radius 3 is 2.39 bits per heavy atom. The predicted octanol–water partition coefficient (Wildman–Crippen LogP) is -2.58. The minimum Gasteiger partial charge on any atom is -0.860 e. The molecule has 120 valence electrons. The van der Waals surface area contributed by atoms with E-state index in [1.165, 1.54) is 24.3 Å². The molecule has 0 atom stereocenters. The third-order valence-electron chi connectivity index (χ3n) is 2.27. The van der Waals surface area contributed by atoms with Crippen molar-refractivity contribution in [3.63, 3.8) is 0 Å². The van der Waals surface area contributed by atoms with Crippen LogP contribution in [0.25, 0.3) is 0 Å². The van der Waals surface area contributed by atoms with Crippen LogP contribution in [0, 0.1) is 0 Å². The molecule has 1 aromatic carbocycles. The average molecular weight is 420 g/mol. The monoisotopic (exact) mass is 419 g/mol. The van der Waals surface area contributed by atoms with Gasteiger partial charge in [-0.3, -0.25) is 5.43 Å². The quantitative estimate of drug-likeness (QED) is 0.0887. The maximum Gasteiger partial charge on any atom is 1.00 e. The van der Waals surface area contributed by atoms with Gasteiger partial charge in [0.1, 0.15) is 5.71 Å². The smallest absolute Gasteiger partial charge is 0.860 e. The predicted molar refractivity (Wildman–Crippen MR) is 90.6 cm³/mol. The number of hydrazone groups is 1. The van der Waals surface area contributed by atoms with Crippen molar-refractivity contribution in [2.24, 2.45) is 10.3 Å². The fourth-order valence-corrected chi connectivity index (χ4v) is 2.81. The van der Waals surface area contributed by atoms with Crippen LogP contribution in [-0.2, 0) is 9.84 Å². The fraction of sp³-hybridized carbons (Fsp3) is 0.182. The Bertz CT molecular complexity index is 708. The van der Waals surface area contributed by atoms with Gasteiger partial charge in [-0.25, -0.2) is 8.42 Å². The van der Waals surface area contributed by atoms with Gasteiger partial charge in [0.15, 0.2) is 14.2 Å². The van der Waals surface area contributed by atoms with Crippen LogP contribution >= 0.6 is 36.4 Å². The van der Waals surface area contributed by atoms with Gasteiger partial charge in [0, 0.05) is 10.6 Å². The van der Waals surface area contributed by atoms with Crippen LogP contribution in [0.15, 0.2) is 34.5 Å². The largest absolute Gasteiger partial charge is 1.00 e. The van der Waals surface area contributed by atoms with Crippen molar-refractivity contribution in [3.05, 3.63) is 34.9 Å². The molecule has 0 unspecified atom stereocenters. The second-order valence-corrected chi connectivity index (χ2v) is 7.67. The number of halogens is 1. The van der Waals surface area contributed by atoms with E-state index in [1.54, 1.807) is 0 Å². The fourth-order valence-electron chi connectivity index (χ4n) is 1.40. The molecule has 0 bridgehead atoms. The van der Waals surface area contributed by atoms with Gasteiger partial charge in [0.05, 0.1) is 11.5 Å². The zero-order chi connectivity index (χ0) is 16.8. The molecule has 0 aliphatic heterocycles. The van der Waals surface area contributed by atoms with E-state index in [4.69, 9.17) is 16.8 Å². The Labute approximate surface area is 191 Å². The minimum atomic E-state index is -3.87. The van der Waals surface area contributed by atoms with Crippen molar-refractivity contribution in [1.29, 1.82) is 0 Å². The number of thiol groups is 1. The number of thiocarbonyl (C=S) groups is 1. The van der Waals surface area contributed by atoms with E-state index in [-0.39, 0.29) is 61.4 Å². The molecular formula is C11H11ClKN3O4S3. The molecule has 1 rings (SSSR count). The van der Waals surface area contributed by atoms with E-state index in [0.29, 0.717) is 10.6 Å². The van der Waals surface area contributed by atoms with Crippen molar-refractivity contribution < 1.29 is 70.1 Å². The van der Waals surface area contributed by atoms with Crippen LogP contribution in [-0.4, -0.2) is 41.1 Å². The van der Waals surface area contributed by atoms with Crippen LogP contribution in [0.2, 0.25) is 5.02 Å². The number of hydrogen-bond donors (Lipinski definition) is 3. The number of nitrogens with zero attached hydrogens (tertiary/aromatic N) is 2. The molecule has 0 aromatic heterocycles. The molecule has 0 aliphatic carbocycles. The summed E-state index contributed by atoms with van der Waals surface area (Å²) in [7, 11) is -3.87. The van der Waals surface area contributed by atoms with Crippen molar-refractivity contribution in [2.75, 3.05) is 11.5 Å². The Hall–Kier alpha value is 0.276. The van der Waals surface area contributed by atoms with E-state index >= 15 is 0 Å². The van der Waals surface area contributed by atoms with Crippen LogP contribution < -0.4 is 61.9 Å². The van der Waals surface area contributed by atoms with Gasteiger partial charge in [0.25, 0.3) is 0 Å². The van der Waals surface area contributed by atoms with Gasteiger partial charge < -0.3 is 10.3 Å². The first-order valence-electron chi connectivity index (χ1n) is 5.63. The van der Waals surface area contributed by atoms with E-state index in [2.05, 4.69) is 40.5 Å². The van der Waals surface area contributed by atoms with Crippen molar-refractivity contribution >= 4 is 62.2 Å². The number of oxime groups is 1. The Morgan fingerprint density at radius 1 is 1.35 bits per heavy atom. The van der Waals surface area contributed by atoms with E-state index in [0.717, 1.165) is 0 Å². The summed E-state index contributed by atoms with van der Waals surface area (Å²) in [6, 6.07) is 6.04. The number of sulfone groups is 1. The van der Waals surface area contributed by atoms with Crippen LogP contribution in [0.1, 0.15) is 5.56 Å². The van der Waals surface area contributed by atoms with E-state index in [9.17, 15) is 13.5 Å². The van der Waals surface area contributed by atoms with Gasteiger partial charge in [-0.05, 0) is 18.0 Å². The molecule has 0 spiro atoms. The number of hydrogen-bond acceptors (Lipinski definition) is 7. The van der Waals surface area contributed by atoms with E-state index < -0.39 is 27.2 Å². The summed E-state index contributed by atoms with van der Waals surface area (Å²) < 4.78 is 23.8. The summed E-state index contributed by atoms with van der Waals surface area (Å²) in [6.45, 7) is 0. The van der Waals surface area contributed by atoms with Crippen LogP contribution in [0.3, 0.4) is 0 Å². The third-order valence-corrected chi connectivity index (χ3v) is 4.12. The van der Waals surface area contributed by atoms with Crippen molar-refractivity contribution in [3.8, 4) is 0 Å². The number of nitrogens with one attached hydrogen (secondary N) is 1. The molecule has 7 nitrogen and oxygen atoms in total. The van der Waals surface area contributed by atoms with Crippen LogP contribution in [0.5, 0.6) is 0 Å². The normalized spacial score (nSPS) is 12.4. The SMILES string of the molecule is O=S(=O)(C/C([O-])=N\NC(=S)S)C/C(=N/O)c1ccc(Cl)cc1.[K+]. The Morgan fingerprint density at radius 2 is 1.91 bits per heavy atom. The summed E-state index contributed by atoms with van der Waals surface area (Å²) in [5, 5.41) is 27.0. The molecule has 0 aliphatic rings. The maximum atomic E-state index is 11.9. The van der Waals surface area contributed by atoms with Gasteiger partial charge in [-0.15, -0.1) is 12.6 Å². The molecule has 1 aromatic rings. The second kappa shape index (κ2) is 11.0. The second-order valence-electron chi connectivity index (χ2n) is 4.01. The molecule has 23 heavy (non-hydrogen) atoms. The molecular weight excluding hydrogens is 409 g/mol. The van der Waals surface area contributed by atoms with Crippen molar-refractivity contribution in [1.82, 2.24) is 5.43 Å². The molecule has 0 fully saturated rings. The molecule has 0 radical (unpaired) electrons. The Balaban J connectivity index is 0.00000484. The average Bonchev–Trinajstić information content (AvgIpc) is 2.43. The maximum absolute atomic E-state index is 11.9. The topological polar surface area (TPSA) is 114 Å². The van der Waals surface area contributed by atoms with Crippen LogP contribution in [0.4, 0.5) is 0 Å². The summed E-state index contributed by atoms with van der Waals surface area (Å²) >= 11 is 13.9. The summed E-state index contributed by atoms with van der Waals surface area (Å²) in [6.07, 6.45) is 0. The zero-order valence-electron chi connectivity index (χ0n) is 11.9.